The van der Waals surface area contributed by atoms with E-state index in [0.29, 0.717) is 27.8 Å². The number of benzene rings is 3. The number of aryl methyl sites for hydroxylation is 3. The van der Waals surface area contributed by atoms with Gasteiger partial charge in [-0.3, -0.25) is 14.9 Å². The SMILES string of the molecule is COc1cc(/C=C2\C(=O)NC(=O)N(c3ccc(C)c(Cl)c3)C2=O)cc(Cl)c1Cc1cc(C)cc(C)c1. The Kier molecular flexibility index (Phi) is 7.20. The minimum absolute atomic E-state index is 0.216. The summed E-state index contributed by atoms with van der Waals surface area (Å²) in [6, 6.07) is 13.6. The smallest absolute Gasteiger partial charge is 0.335 e. The van der Waals surface area contributed by atoms with Gasteiger partial charge in [0.1, 0.15) is 11.3 Å². The molecule has 0 radical (unpaired) electrons. The number of hydrogen-bond acceptors (Lipinski definition) is 4. The molecular formula is C28H24Cl2N2O4. The first-order chi connectivity index (χ1) is 17.1. The van der Waals surface area contributed by atoms with Crippen molar-refractivity contribution in [2.45, 2.75) is 27.2 Å². The van der Waals surface area contributed by atoms with Crippen molar-refractivity contribution >= 4 is 52.8 Å². The van der Waals surface area contributed by atoms with Crippen LogP contribution in [0, 0.1) is 20.8 Å². The maximum Gasteiger partial charge on any atom is 0.335 e. The predicted molar refractivity (Wildman–Crippen MR) is 142 cm³/mol. The second-order valence-corrected chi connectivity index (χ2v) is 9.56. The van der Waals surface area contributed by atoms with Crippen LogP contribution in [-0.2, 0) is 16.0 Å². The number of hydrogen-bond donors (Lipinski definition) is 1. The third-order valence-corrected chi connectivity index (χ3v) is 6.63. The molecule has 0 aromatic heterocycles. The number of methoxy groups -OCH3 is 1. The fourth-order valence-corrected chi connectivity index (χ4v) is 4.68. The summed E-state index contributed by atoms with van der Waals surface area (Å²) in [7, 11) is 1.54. The Hall–Kier alpha value is -3.61. The molecule has 3 aromatic rings. The number of anilines is 1. The number of rotatable bonds is 5. The van der Waals surface area contributed by atoms with Gasteiger partial charge in [0, 0.05) is 22.0 Å². The normalized spacial score (nSPS) is 14.9. The quantitative estimate of drug-likeness (QED) is 0.320. The zero-order valence-electron chi connectivity index (χ0n) is 20.2. The molecule has 0 unspecified atom stereocenters. The van der Waals surface area contributed by atoms with Gasteiger partial charge < -0.3 is 4.74 Å². The van der Waals surface area contributed by atoms with Crippen LogP contribution in [0.4, 0.5) is 10.5 Å². The lowest BCUT2D eigenvalue weighted by Crippen LogP contribution is -2.54. The van der Waals surface area contributed by atoms with Crippen molar-refractivity contribution in [3.63, 3.8) is 0 Å². The van der Waals surface area contributed by atoms with Gasteiger partial charge in [0.05, 0.1) is 12.8 Å². The molecule has 184 valence electrons. The van der Waals surface area contributed by atoms with Gasteiger partial charge >= 0.3 is 6.03 Å². The van der Waals surface area contributed by atoms with Crippen LogP contribution in [0.5, 0.6) is 5.75 Å². The third kappa shape index (κ3) is 5.15. The van der Waals surface area contributed by atoms with E-state index in [1.807, 2.05) is 13.8 Å². The van der Waals surface area contributed by atoms with Crippen molar-refractivity contribution in [3.05, 3.63) is 97.5 Å². The summed E-state index contributed by atoms with van der Waals surface area (Å²) in [6.07, 6.45) is 1.94. The second-order valence-electron chi connectivity index (χ2n) is 8.75. The fourth-order valence-electron chi connectivity index (χ4n) is 4.22. The average molecular weight is 523 g/mol. The summed E-state index contributed by atoms with van der Waals surface area (Å²) in [4.78, 5) is 39.2. The number of urea groups is 1. The van der Waals surface area contributed by atoms with Crippen LogP contribution in [0.1, 0.15) is 33.4 Å². The summed E-state index contributed by atoms with van der Waals surface area (Å²) in [5.41, 5.74) is 5.49. The predicted octanol–water partition coefficient (Wildman–Crippen LogP) is 6.18. The van der Waals surface area contributed by atoms with Crippen LogP contribution < -0.4 is 15.0 Å². The lowest BCUT2D eigenvalue weighted by Gasteiger charge is -2.26. The maximum absolute atomic E-state index is 13.2. The number of barbiturate groups is 1. The molecule has 1 N–H and O–H groups in total. The standard InChI is InChI=1S/C28H24Cl2N2O4/c1-15-7-16(2)9-18(8-15)10-21-24(30)12-19(13-25(21)36-4)11-22-26(33)31-28(35)32(27(22)34)20-6-5-17(3)23(29)14-20/h5-9,11-14H,10H2,1-4H3,(H,31,33,35)/b22-11+. The maximum atomic E-state index is 13.2. The molecule has 1 aliphatic rings. The number of nitrogens with zero attached hydrogens (tertiary/aromatic N) is 1. The molecule has 0 bridgehead atoms. The van der Waals surface area contributed by atoms with Crippen molar-refractivity contribution in [1.82, 2.24) is 5.32 Å². The molecule has 1 heterocycles. The molecule has 0 aliphatic carbocycles. The number of carbonyl (C=O) groups is 3. The van der Waals surface area contributed by atoms with E-state index in [0.717, 1.165) is 32.7 Å². The van der Waals surface area contributed by atoms with E-state index in [1.165, 1.54) is 19.3 Å². The number of amides is 4. The van der Waals surface area contributed by atoms with Crippen molar-refractivity contribution < 1.29 is 19.1 Å². The molecule has 0 atom stereocenters. The highest BCUT2D eigenvalue weighted by molar-refractivity contribution is 6.39. The van der Waals surface area contributed by atoms with Gasteiger partial charge in [0.25, 0.3) is 11.8 Å². The van der Waals surface area contributed by atoms with E-state index in [-0.39, 0.29) is 11.3 Å². The molecule has 1 saturated heterocycles. The van der Waals surface area contributed by atoms with Gasteiger partial charge in [-0.05, 0) is 67.8 Å². The summed E-state index contributed by atoms with van der Waals surface area (Å²) in [6.45, 7) is 5.88. The monoisotopic (exact) mass is 522 g/mol. The van der Waals surface area contributed by atoms with E-state index >= 15 is 0 Å². The number of ether oxygens (including phenoxy) is 1. The van der Waals surface area contributed by atoms with E-state index in [2.05, 4.69) is 23.5 Å². The largest absolute Gasteiger partial charge is 0.496 e. The van der Waals surface area contributed by atoms with E-state index in [1.54, 1.807) is 31.2 Å². The summed E-state index contributed by atoms with van der Waals surface area (Å²) >= 11 is 12.8. The molecule has 8 heteroatoms. The Morgan fingerprint density at radius 1 is 0.917 bits per heavy atom. The Morgan fingerprint density at radius 3 is 2.25 bits per heavy atom. The third-order valence-electron chi connectivity index (χ3n) is 5.89. The number of nitrogens with one attached hydrogen (secondary N) is 1. The highest BCUT2D eigenvalue weighted by Gasteiger charge is 2.37. The van der Waals surface area contributed by atoms with Crippen LogP contribution in [0.2, 0.25) is 10.0 Å². The Balaban J connectivity index is 1.71. The van der Waals surface area contributed by atoms with Gasteiger partial charge in [-0.1, -0.05) is 58.6 Å². The average Bonchev–Trinajstić information content (AvgIpc) is 2.79. The van der Waals surface area contributed by atoms with Crippen LogP contribution in [0.25, 0.3) is 6.08 Å². The molecule has 1 fully saturated rings. The van der Waals surface area contributed by atoms with E-state index in [4.69, 9.17) is 27.9 Å². The highest BCUT2D eigenvalue weighted by Crippen LogP contribution is 2.33. The minimum atomic E-state index is -0.846. The number of carbonyl (C=O) groups excluding carboxylic acids is 3. The van der Waals surface area contributed by atoms with E-state index < -0.39 is 17.8 Å². The molecule has 4 amide bonds. The molecule has 0 spiro atoms. The first-order valence-corrected chi connectivity index (χ1v) is 11.9. The van der Waals surface area contributed by atoms with Gasteiger partial charge in [0.15, 0.2) is 0 Å². The van der Waals surface area contributed by atoms with Crippen LogP contribution >= 0.6 is 23.2 Å². The fraction of sp³-hybridized carbons (Fsp3) is 0.179. The van der Waals surface area contributed by atoms with Gasteiger partial charge in [-0.15, -0.1) is 0 Å². The van der Waals surface area contributed by atoms with Crippen LogP contribution in [0.15, 0.2) is 54.1 Å². The molecule has 3 aromatic carbocycles. The van der Waals surface area contributed by atoms with Crippen molar-refractivity contribution in [3.8, 4) is 5.75 Å². The van der Waals surface area contributed by atoms with Crippen LogP contribution in [0.3, 0.4) is 0 Å². The van der Waals surface area contributed by atoms with Crippen molar-refractivity contribution in [2.24, 2.45) is 0 Å². The van der Waals surface area contributed by atoms with Gasteiger partial charge in [0.2, 0.25) is 0 Å². The topological polar surface area (TPSA) is 75.7 Å². The molecule has 4 rings (SSSR count). The summed E-state index contributed by atoms with van der Waals surface area (Å²) in [5, 5.41) is 3.04. The van der Waals surface area contributed by atoms with Gasteiger partial charge in [-0.2, -0.15) is 0 Å². The summed E-state index contributed by atoms with van der Waals surface area (Å²) < 4.78 is 5.60. The molecule has 0 saturated carbocycles. The van der Waals surface area contributed by atoms with Crippen molar-refractivity contribution in [1.29, 1.82) is 0 Å². The lowest BCUT2D eigenvalue weighted by molar-refractivity contribution is -0.122. The second kappa shape index (κ2) is 10.2. The number of imide groups is 2. The first-order valence-electron chi connectivity index (χ1n) is 11.2. The summed E-state index contributed by atoms with van der Waals surface area (Å²) in [5.74, 6) is -1.04. The highest BCUT2D eigenvalue weighted by atomic mass is 35.5. The zero-order chi connectivity index (χ0) is 26.1. The molecule has 36 heavy (non-hydrogen) atoms. The van der Waals surface area contributed by atoms with Gasteiger partial charge in [-0.25, -0.2) is 9.69 Å². The Labute approximate surface area is 219 Å². The minimum Gasteiger partial charge on any atom is -0.496 e. The Morgan fingerprint density at radius 2 is 1.61 bits per heavy atom. The lowest BCUT2D eigenvalue weighted by atomic mass is 9.98. The number of halogens is 2. The van der Waals surface area contributed by atoms with Crippen molar-refractivity contribution in [2.75, 3.05) is 12.0 Å². The Bertz CT molecular complexity index is 1430. The van der Waals surface area contributed by atoms with E-state index in [9.17, 15) is 14.4 Å². The zero-order valence-corrected chi connectivity index (χ0v) is 21.8. The molecule has 6 nitrogen and oxygen atoms in total. The first kappa shape index (κ1) is 25.5. The van der Waals surface area contributed by atoms with Crippen LogP contribution in [-0.4, -0.2) is 25.0 Å². The molecule has 1 aliphatic heterocycles. The molecular weight excluding hydrogens is 499 g/mol.